The number of hydrogen-bond donors (Lipinski definition) is 2. The highest BCUT2D eigenvalue weighted by molar-refractivity contribution is 7.14. The maximum absolute atomic E-state index is 12.1. The van der Waals surface area contributed by atoms with Gasteiger partial charge in [-0.3, -0.25) is 4.79 Å². The quantitative estimate of drug-likeness (QED) is 0.860. The Morgan fingerprint density at radius 1 is 1.50 bits per heavy atom. The van der Waals surface area contributed by atoms with Gasteiger partial charge in [0.05, 0.1) is 5.51 Å². The maximum atomic E-state index is 12.1. The molecule has 7 heteroatoms. The summed E-state index contributed by atoms with van der Waals surface area (Å²) < 4.78 is 0. The van der Waals surface area contributed by atoms with Crippen molar-refractivity contribution in [1.82, 2.24) is 9.88 Å². The lowest BCUT2D eigenvalue weighted by Crippen LogP contribution is -2.39. The van der Waals surface area contributed by atoms with E-state index in [9.17, 15) is 9.59 Å². The molecule has 98 valence electrons. The number of carbonyl (C=O) groups excluding carboxylic acids is 1. The number of aromatic nitrogens is 1. The largest absolute Gasteiger partial charge is 0.476 e. The number of hydrogen-bond acceptors (Lipinski definition) is 5. The first-order chi connectivity index (χ1) is 8.59. The Hall–Kier alpha value is -1.63. The van der Waals surface area contributed by atoms with E-state index in [1.165, 1.54) is 16.8 Å². The molecule has 1 aromatic heterocycles. The second-order valence-electron chi connectivity index (χ2n) is 4.23. The number of nitrogens with one attached hydrogen (secondary N) is 1. The number of aromatic carboxylic acids is 1. The summed E-state index contributed by atoms with van der Waals surface area (Å²) in [6, 6.07) is -0.429. The Labute approximate surface area is 109 Å². The van der Waals surface area contributed by atoms with Gasteiger partial charge in [-0.15, -0.1) is 11.3 Å². The molecule has 0 radical (unpaired) electrons. The van der Waals surface area contributed by atoms with Crippen molar-refractivity contribution in [2.45, 2.75) is 25.8 Å². The molecule has 2 N–H and O–H groups in total. The number of nitrogens with zero attached hydrogens (tertiary/aromatic N) is 2. The van der Waals surface area contributed by atoms with Gasteiger partial charge >= 0.3 is 5.97 Å². The molecule has 0 aromatic carbocycles. The summed E-state index contributed by atoms with van der Waals surface area (Å²) in [6.07, 6.45) is 2.08. The van der Waals surface area contributed by atoms with Crippen LogP contribution in [-0.4, -0.2) is 46.0 Å². The normalized spacial score (nSPS) is 16.6. The summed E-state index contributed by atoms with van der Waals surface area (Å²) in [6.45, 7) is 3.32. The van der Waals surface area contributed by atoms with Crippen molar-refractivity contribution in [1.29, 1.82) is 0 Å². The van der Waals surface area contributed by atoms with Crippen molar-refractivity contribution in [2.75, 3.05) is 18.4 Å². The second-order valence-corrected chi connectivity index (χ2v) is 5.09. The lowest BCUT2D eigenvalue weighted by Gasteiger charge is -2.21. The smallest absolute Gasteiger partial charge is 0.357 e. The molecule has 1 amide bonds. The van der Waals surface area contributed by atoms with E-state index < -0.39 is 12.0 Å². The molecule has 0 spiro atoms. The van der Waals surface area contributed by atoms with Crippen LogP contribution in [0.4, 0.5) is 5.00 Å². The van der Waals surface area contributed by atoms with Crippen LogP contribution >= 0.6 is 11.3 Å². The van der Waals surface area contributed by atoms with Crippen LogP contribution < -0.4 is 5.32 Å². The topological polar surface area (TPSA) is 82.5 Å². The lowest BCUT2D eigenvalue weighted by molar-refractivity contribution is -0.130. The predicted octanol–water partition coefficient (Wildman–Crippen LogP) is 1.26. The third-order valence-electron chi connectivity index (χ3n) is 2.91. The number of carboxylic acid groups (broad SMARTS) is 1. The van der Waals surface area contributed by atoms with E-state index in [2.05, 4.69) is 10.3 Å². The summed E-state index contributed by atoms with van der Waals surface area (Å²) >= 11 is 1.19. The maximum Gasteiger partial charge on any atom is 0.357 e. The predicted molar refractivity (Wildman–Crippen MR) is 68.0 cm³/mol. The number of thiazole rings is 1. The van der Waals surface area contributed by atoms with Gasteiger partial charge in [-0.2, -0.15) is 0 Å². The van der Waals surface area contributed by atoms with Crippen molar-refractivity contribution in [3.8, 4) is 0 Å². The molecule has 1 atom stereocenters. The van der Waals surface area contributed by atoms with E-state index in [1.54, 1.807) is 11.8 Å². The highest BCUT2D eigenvalue weighted by Gasteiger charge is 2.25. The standard InChI is InChI=1S/C11H15N3O3S/c1-7(10(15)14-4-2-3-5-14)13-9-8(11(16)17)12-6-18-9/h6-7,13H,2-5H2,1H3,(H,16,17). The highest BCUT2D eigenvalue weighted by Crippen LogP contribution is 2.21. The molecular formula is C11H15N3O3S. The number of amides is 1. The van der Waals surface area contributed by atoms with E-state index in [0.29, 0.717) is 5.00 Å². The summed E-state index contributed by atoms with van der Waals surface area (Å²) in [5, 5.41) is 12.3. The molecule has 6 nitrogen and oxygen atoms in total. The van der Waals surface area contributed by atoms with E-state index in [1.807, 2.05) is 0 Å². The fourth-order valence-corrected chi connectivity index (χ4v) is 2.73. The average molecular weight is 269 g/mol. The van der Waals surface area contributed by atoms with Crippen LogP contribution in [0, 0.1) is 0 Å². The summed E-state index contributed by atoms with van der Waals surface area (Å²) in [4.78, 5) is 28.5. The Kier molecular flexibility index (Phi) is 3.81. The first-order valence-corrected chi connectivity index (χ1v) is 6.69. The summed E-state index contributed by atoms with van der Waals surface area (Å²) in [5.74, 6) is -1.07. The van der Waals surface area contributed by atoms with E-state index in [4.69, 9.17) is 5.11 Å². The SMILES string of the molecule is CC(Nc1scnc1C(=O)O)C(=O)N1CCCC1. The zero-order valence-corrected chi connectivity index (χ0v) is 10.9. The molecule has 1 aliphatic rings. The minimum atomic E-state index is -1.08. The van der Waals surface area contributed by atoms with Gasteiger partial charge in [-0.25, -0.2) is 9.78 Å². The van der Waals surface area contributed by atoms with Crippen LogP contribution in [0.2, 0.25) is 0 Å². The Bertz CT molecular complexity index is 454. The van der Waals surface area contributed by atoms with Gasteiger partial charge in [0.25, 0.3) is 0 Å². The number of likely N-dealkylation sites (tertiary alicyclic amines) is 1. The molecule has 1 aromatic rings. The van der Waals surface area contributed by atoms with Gasteiger partial charge in [0, 0.05) is 13.1 Å². The zero-order valence-electron chi connectivity index (χ0n) is 10.0. The molecule has 1 fully saturated rings. The monoisotopic (exact) mass is 269 g/mol. The summed E-state index contributed by atoms with van der Waals surface area (Å²) in [7, 11) is 0. The van der Waals surface area contributed by atoms with Crippen LogP contribution in [-0.2, 0) is 4.79 Å². The molecular weight excluding hydrogens is 254 g/mol. The minimum Gasteiger partial charge on any atom is -0.476 e. The van der Waals surface area contributed by atoms with Gasteiger partial charge < -0.3 is 15.3 Å². The fraction of sp³-hybridized carbons (Fsp3) is 0.545. The molecule has 18 heavy (non-hydrogen) atoms. The van der Waals surface area contributed by atoms with Crippen molar-refractivity contribution < 1.29 is 14.7 Å². The molecule has 1 unspecified atom stereocenters. The van der Waals surface area contributed by atoms with Crippen LogP contribution in [0.3, 0.4) is 0 Å². The molecule has 2 heterocycles. The molecule has 1 aliphatic heterocycles. The number of anilines is 1. The van der Waals surface area contributed by atoms with Gasteiger partial charge in [-0.1, -0.05) is 0 Å². The van der Waals surface area contributed by atoms with E-state index in [0.717, 1.165) is 25.9 Å². The van der Waals surface area contributed by atoms with Crippen LogP contribution in [0.1, 0.15) is 30.3 Å². The summed E-state index contributed by atoms with van der Waals surface area (Å²) in [5.41, 5.74) is 1.43. The Morgan fingerprint density at radius 2 is 2.17 bits per heavy atom. The van der Waals surface area contributed by atoms with Gasteiger partial charge in [0.2, 0.25) is 5.91 Å². The van der Waals surface area contributed by atoms with Gasteiger partial charge in [0.1, 0.15) is 11.0 Å². The highest BCUT2D eigenvalue weighted by atomic mass is 32.1. The molecule has 2 rings (SSSR count). The Morgan fingerprint density at radius 3 is 2.78 bits per heavy atom. The van der Waals surface area contributed by atoms with Crippen LogP contribution in [0.15, 0.2) is 5.51 Å². The first kappa shape index (κ1) is 12.8. The van der Waals surface area contributed by atoms with Gasteiger partial charge in [-0.05, 0) is 19.8 Å². The van der Waals surface area contributed by atoms with E-state index in [-0.39, 0.29) is 11.6 Å². The van der Waals surface area contributed by atoms with Gasteiger partial charge in [0.15, 0.2) is 5.69 Å². The van der Waals surface area contributed by atoms with Crippen molar-refractivity contribution in [3.63, 3.8) is 0 Å². The van der Waals surface area contributed by atoms with Crippen LogP contribution in [0.5, 0.6) is 0 Å². The Balaban J connectivity index is 2.01. The molecule has 0 bridgehead atoms. The van der Waals surface area contributed by atoms with Crippen molar-refractivity contribution in [2.24, 2.45) is 0 Å². The third kappa shape index (κ3) is 2.61. The van der Waals surface area contributed by atoms with E-state index >= 15 is 0 Å². The third-order valence-corrected chi connectivity index (χ3v) is 3.66. The second kappa shape index (κ2) is 5.34. The molecule has 0 aliphatic carbocycles. The fourth-order valence-electron chi connectivity index (χ4n) is 1.97. The zero-order chi connectivity index (χ0) is 13.1. The number of rotatable bonds is 4. The first-order valence-electron chi connectivity index (χ1n) is 5.81. The van der Waals surface area contributed by atoms with Crippen molar-refractivity contribution in [3.05, 3.63) is 11.2 Å². The number of carboxylic acids is 1. The number of carbonyl (C=O) groups is 2. The lowest BCUT2D eigenvalue weighted by atomic mass is 10.3. The molecule has 0 saturated carbocycles. The average Bonchev–Trinajstić information content (AvgIpc) is 2.98. The minimum absolute atomic E-state index is 0.0113. The van der Waals surface area contributed by atoms with Crippen molar-refractivity contribution >= 4 is 28.2 Å². The van der Waals surface area contributed by atoms with Crippen LogP contribution in [0.25, 0.3) is 0 Å². The molecule has 1 saturated heterocycles.